The lowest BCUT2D eigenvalue weighted by molar-refractivity contribution is -0.103. The Hall–Kier alpha value is -2.30. The average molecular weight is 354 g/mol. The molecule has 0 unspecified atom stereocenters. The Morgan fingerprint density at radius 2 is 2.12 bits per heavy atom. The molecule has 0 spiro atoms. The van der Waals surface area contributed by atoms with E-state index < -0.39 is 0 Å². The number of benzene rings is 1. The SMILES string of the molecule is CC1(C)[C@@H]2CC[C@H](CNC(=O)c3coc(COc4ccccc4)n3)[C@H]1C2. The van der Waals surface area contributed by atoms with Gasteiger partial charge in [-0.15, -0.1) is 0 Å². The minimum absolute atomic E-state index is 0.168. The third-order valence-electron chi connectivity index (χ3n) is 6.42. The Labute approximate surface area is 154 Å². The summed E-state index contributed by atoms with van der Waals surface area (Å²) in [6.07, 6.45) is 5.23. The minimum atomic E-state index is -0.168. The van der Waals surface area contributed by atoms with Crippen LogP contribution in [0.25, 0.3) is 0 Å². The van der Waals surface area contributed by atoms with Gasteiger partial charge < -0.3 is 14.5 Å². The van der Waals surface area contributed by atoms with Gasteiger partial charge in [0.05, 0.1) is 0 Å². The second-order valence-corrected chi connectivity index (χ2v) is 8.14. The standard InChI is InChI=1S/C21H26N2O3/c1-21(2)15-9-8-14(17(21)10-15)11-22-20(24)18-12-26-19(23-18)13-25-16-6-4-3-5-7-16/h3-7,12,14-15,17H,8-11,13H2,1-2H3,(H,22,24)/t14-,15-,17-/m1/s1. The highest BCUT2D eigenvalue weighted by Gasteiger charge is 2.53. The predicted molar refractivity (Wildman–Crippen MR) is 97.7 cm³/mol. The van der Waals surface area contributed by atoms with Crippen LogP contribution in [0.2, 0.25) is 0 Å². The van der Waals surface area contributed by atoms with Crippen LogP contribution in [0, 0.1) is 23.2 Å². The summed E-state index contributed by atoms with van der Waals surface area (Å²) in [7, 11) is 0. The first-order chi connectivity index (χ1) is 12.5. The van der Waals surface area contributed by atoms with Crippen molar-refractivity contribution in [3.05, 3.63) is 48.2 Å². The molecule has 0 radical (unpaired) electrons. The molecule has 1 N–H and O–H groups in total. The second kappa shape index (κ2) is 6.78. The maximum absolute atomic E-state index is 12.4. The largest absolute Gasteiger partial charge is 0.484 e. The number of para-hydroxylation sites is 1. The molecule has 0 aliphatic heterocycles. The van der Waals surface area contributed by atoms with Crippen LogP contribution in [0.1, 0.15) is 49.5 Å². The summed E-state index contributed by atoms with van der Waals surface area (Å²) in [5.74, 6) is 3.16. The van der Waals surface area contributed by atoms with Gasteiger partial charge in [-0.1, -0.05) is 32.0 Å². The van der Waals surface area contributed by atoms with Gasteiger partial charge in [0.2, 0.25) is 5.89 Å². The van der Waals surface area contributed by atoms with Gasteiger partial charge in [-0.05, 0) is 54.6 Å². The van der Waals surface area contributed by atoms with Gasteiger partial charge in [-0.2, -0.15) is 0 Å². The molecule has 1 aromatic carbocycles. The maximum Gasteiger partial charge on any atom is 0.273 e. The molecule has 5 heteroatoms. The van der Waals surface area contributed by atoms with E-state index in [0.717, 1.165) is 24.1 Å². The molecule has 1 amide bonds. The predicted octanol–water partition coefficient (Wildman–Crippen LogP) is 4.06. The first-order valence-electron chi connectivity index (χ1n) is 9.44. The van der Waals surface area contributed by atoms with Crippen LogP contribution in [-0.2, 0) is 6.61 Å². The number of amides is 1. The molecule has 3 fully saturated rings. The number of carbonyl (C=O) groups is 1. The molecule has 2 bridgehead atoms. The number of hydrogen-bond donors (Lipinski definition) is 1. The Morgan fingerprint density at radius 1 is 1.31 bits per heavy atom. The van der Waals surface area contributed by atoms with Gasteiger partial charge in [0.25, 0.3) is 5.91 Å². The number of hydrogen-bond acceptors (Lipinski definition) is 4. The smallest absolute Gasteiger partial charge is 0.273 e. The van der Waals surface area contributed by atoms with E-state index in [9.17, 15) is 4.79 Å². The van der Waals surface area contributed by atoms with Crippen molar-refractivity contribution in [1.82, 2.24) is 10.3 Å². The number of fused-ring (bicyclic) bond motifs is 2. The van der Waals surface area contributed by atoms with Gasteiger partial charge in [-0.3, -0.25) is 4.79 Å². The lowest BCUT2D eigenvalue weighted by Crippen LogP contribution is -2.54. The van der Waals surface area contributed by atoms with Crippen LogP contribution in [0.3, 0.4) is 0 Å². The quantitative estimate of drug-likeness (QED) is 0.850. The summed E-state index contributed by atoms with van der Waals surface area (Å²) in [6.45, 7) is 5.67. The molecule has 5 nitrogen and oxygen atoms in total. The van der Waals surface area contributed by atoms with Crippen molar-refractivity contribution in [2.24, 2.45) is 23.2 Å². The molecular formula is C21H26N2O3. The summed E-state index contributed by atoms with van der Waals surface area (Å²) < 4.78 is 11.0. The first-order valence-corrected chi connectivity index (χ1v) is 9.44. The summed E-state index contributed by atoms with van der Waals surface area (Å²) in [5.41, 5.74) is 0.752. The van der Waals surface area contributed by atoms with E-state index in [4.69, 9.17) is 9.15 Å². The number of rotatable bonds is 6. The topological polar surface area (TPSA) is 64.4 Å². The summed E-state index contributed by atoms with van der Waals surface area (Å²) in [5, 5.41) is 3.05. The molecule has 2 aromatic rings. The highest BCUT2D eigenvalue weighted by Crippen LogP contribution is 2.61. The van der Waals surface area contributed by atoms with Crippen molar-refractivity contribution in [3.63, 3.8) is 0 Å². The zero-order valence-corrected chi connectivity index (χ0v) is 15.4. The van der Waals surface area contributed by atoms with Gasteiger partial charge in [0.15, 0.2) is 12.3 Å². The van der Waals surface area contributed by atoms with E-state index in [1.165, 1.54) is 25.5 Å². The van der Waals surface area contributed by atoms with Crippen molar-refractivity contribution in [2.75, 3.05) is 6.54 Å². The maximum atomic E-state index is 12.4. The molecule has 138 valence electrons. The third-order valence-corrected chi connectivity index (χ3v) is 6.42. The fraction of sp³-hybridized carbons (Fsp3) is 0.524. The fourth-order valence-electron chi connectivity index (χ4n) is 4.66. The zero-order chi connectivity index (χ0) is 18.1. The molecule has 1 aromatic heterocycles. The van der Waals surface area contributed by atoms with Crippen molar-refractivity contribution in [1.29, 1.82) is 0 Å². The fourth-order valence-corrected chi connectivity index (χ4v) is 4.66. The molecule has 5 rings (SSSR count). The van der Waals surface area contributed by atoms with E-state index >= 15 is 0 Å². The Kier molecular flexibility index (Phi) is 4.47. The average Bonchev–Trinajstić information content (AvgIpc) is 3.14. The van der Waals surface area contributed by atoms with Crippen LogP contribution in [-0.4, -0.2) is 17.4 Å². The molecular weight excluding hydrogens is 328 g/mol. The van der Waals surface area contributed by atoms with Crippen molar-refractivity contribution in [3.8, 4) is 5.75 Å². The van der Waals surface area contributed by atoms with E-state index in [0.29, 0.717) is 22.9 Å². The number of oxazole rings is 1. The summed E-state index contributed by atoms with van der Waals surface area (Å²) in [6, 6.07) is 9.47. The Bertz CT molecular complexity index is 767. The normalized spacial score (nSPS) is 26.0. The molecule has 3 aliphatic rings. The highest BCUT2D eigenvalue weighted by molar-refractivity contribution is 5.91. The molecule has 0 saturated heterocycles. The van der Waals surface area contributed by atoms with Crippen molar-refractivity contribution < 1.29 is 13.9 Å². The lowest BCUT2D eigenvalue weighted by Gasteiger charge is -2.60. The van der Waals surface area contributed by atoms with Gasteiger partial charge in [-0.25, -0.2) is 4.98 Å². The van der Waals surface area contributed by atoms with Crippen LogP contribution in [0.4, 0.5) is 0 Å². The number of nitrogens with one attached hydrogen (secondary N) is 1. The number of ether oxygens (including phenoxy) is 1. The van der Waals surface area contributed by atoms with Gasteiger partial charge in [0, 0.05) is 6.54 Å². The summed E-state index contributed by atoms with van der Waals surface area (Å²) >= 11 is 0. The zero-order valence-electron chi connectivity index (χ0n) is 15.4. The highest BCUT2D eigenvalue weighted by atomic mass is 16.5. The first kappa shape index (κ1) is 17.1. The van der Waals surface area contributed by atoms with E-state index in [1.54, 1.807) is 0 Å². The van der Waals surface area contributed by atoms with Crippen molar-refractivity contribution in [2.45, 2.75) is 39.7 Å². The monoisotopic (exact) mass is 354 g/mol. The van der Waals surface area contributed by atoms with Crippen LogP contribution in [0.15, 0.2) is 41.0 Å². The minimum Gasteiger partial charge on any atom is -0.484 e. The molecule has 3 saturated carbocycles. The second-order valence-electron chi connectivity index (χ2n) is 8.14. The third kappa shape index (κ3) is 3.22. The van der Waals surface area contributed by atoms with E-state index in [1.807, 2.05) is 30.3 Å². The van der Waals surface area contributed by atoms with E-state index in [2.05, 4.69) is 24.1 Å². The molecule has 1 heterocycles. The summed E-state index contributed by atoms with van der Waals surface area (Å²) in [4.78, 5) is 16.6. The van der Waals surface area contributed by atoms with Crippen LogP contribution in [0.5, 0.6) is 5.75 Å². The molecule has 3 aliphatic carbocycles. The number of aromatic nitrogens is 1. The number of carbonyl (C=O) groups excluding carboxylic acids is 1. The van der Waals surface area contributed by atoms with Gasteiger partial charge in [0.1, 0.15) is 12.0 Å². The van der Waals surface area contributed by atoms with Crippen molar-refractivity contribution >= 4 is 5.91 Å². The molecule has 26 heavy (non-hydrogen) atoms. The van der Waals surface area contributed by atoms with Crippen LogP contribution >= 0.6 is 0 Å². The lowest BCUT2D eigenvalue weighted by atomic mass is 9.45. The van der Waals surface area contributed by atoms with Gasteiger partial charge >= 0.3 is 0 Å². The Balaban J connectivity index is 1.28. The van der Waals surface area contributed by atoms with Crippen LogP contribution < -0.4 is 10.1 Å². The number of nitrogens with zero attached hydrogens (tertiary/aromatic N) is 1. The molecule has 3 atom stereocenters. The Morgan fingerprint density at radius 3 is 2.85 bits per heavy atom. The van der Waals surface area contributed by atoms with E-state index in [-0.39, 0.29) is 12.5 Å².